The largest absolute Gasteiger partial charge is 0.478 e. The first kappa shape index (κ1) is 14.9. The van der Waals surface area contributed by atoms with Crippen molar-refractivity contribution >= 4 is 33.4 Å². The van der Waals surface area contributed by atoms with Crippen molar-refractivity contribution in [1.82, 2.24) is 0 Å². The lowest BCUT2D eigenvalue weighted by molar-refractivity contribution is -0.114. The van der Waals surface area contributed by atoms with E-state index in [4.69, 9.17) is 9.66 Å². The summed E-state index contributed by atoms with van der Waals surface area (Å²) in [7, 11) is -3.33. The highest BCUT2D eigenvalue weighted by molar-refractivity contribution is 7.86. The molecule has 0 saturated carbocycles. The fourth-order valence-corrected chi connectivity index (χ4v) is 2.25. The van der Waals surface area contributed by atoms with Gasteiger partial charge in [-0.15, -0.1) is 0 Å². The van der Waals surface area contributed by atoms with Crippen LogP contribution < -0.4 is 10.6 Å². The smallest absolute Gasteiger partial charge is 0.339 e. The Morgan fingerprint density at radius 3 is 2.21 bits per heavy atom. The van der Waals surface area contributed by atoms with E-state index in [1.807, 2.05) is 0 Å². The second-order valence-corrected chi connectivity index (χ2v) is 4.96. The maximum absolute atomic E-state index is 11.2. The number of nitrogens with one attached hydrogen (secondary N) is 2. The monoisotopic (exact) mass is 288 g/mol. The Balaban J connectivity index is 3.66. The number of carbonyl (C=O) groups excluding carboxylic acids is 1. The van der Waals surface area contributed by atoms with E-state index >= 15 is 0 Å². The average molecular weight is 288 g/mol. The van der Waals surface area contributed by atoms with E-state index in [0.29, 0.717) is 0 Å². The number of carboxylic acids is 1. The van der Waals surface area contributed by atoms with E-state index in [1.54, 1.807) is 0 Å². The molecule has 1 amide bonds. The number of anilines is 2. The summed E-state index contributed by atoms with van der Waals surface area (Å²) in [4.78, 5) is 21.4. The summed E-state index contributed by atoms with van der Waals surface area (Å²) < 4.78 is 31.3. The third-order valence-corrected chi connectivity index (χ3v) is 3.12. The summed E-state index contributed by atoms with van der Waals surface area (Å²) in [5.41, 5.74) is -0.658. The van der Waals surface area contributed by atoms with Gasteiger partial charge in [-0.25, -0.2) is 4.79 Å². The maximum atomic E-state index is 11.2. The number of rotatable bonds is 4. The Bertz CT molecular complexity index is 638. The zero-order valence-corrected chi connectivity index (χ0v) is 10.9. The van der Waals surface area contributed by atoms with Gasteiger partial charge in [-0.1, -0.05) is 0 Å². The first-order valence-electron chi connectivity index (χ1n) is 5.01. The highest BCUT2D eigenvalue weighted by Crippen LogP contribution is 2.31. The minimum absolute atomic E-state index is 0.0970. The second-order valence-electron chi connectivity index (χ2n) is 3.57. The molecule has 9 heteroatoms. The standard InChI is InChI=1S/C10H12N2O6S/c1-5(13)12-6-3-4-7(19(16,17)18)8(10(14)15)9(6)11-2/h3-4,11H,1-2H3,(H,12,13)(H,14,15)(H,16,17,18). The molecule has 8 nitrogen and oxygen atoms in total. The topological polar surface area (TPSA) is 133 Å². The molecule has 0 saturated heterocycles. The van der Waals surface area contributed by atoms with Gasteiger partial charge in [0.05, 0.1) is 11.4 Å². The fourth-order valence-electron chi connectivity index (χ4n) is 1.56. The van der Waals surface area contributed by atoms with Crippen molar-refractivity contribution in [2.45, 2.75) is 11.8 Å². The van der Waals surface area contributed by atoms with Gasteiger partial charge in [0.1, 0.15) is 10.5 Å². The van der Waals surface area contributed by atoms with Gasteiger partial charge < -0.3 is 15.7 Å². The van der Waals surface area contributed by atoms with Crippen LogP contribution in [0.3, 0.4) is 0 Å². The minimum Gasteiger partial charge on any atom is -0.478 e. The number of carbonyl (C=O) groups is 2. The fraction of sp³-hybridized carbons (Fsp3) is 0.200. The summed E-state index contributed by atoms with van der Waals surface area (Å²) in [5.74, 6) is -2.00. The van der Waals surface area contributed by atoms with Crippen LogP contribution in [0, 0.1) is 0 Å². The number of carboxylic acid groups (broad SMARTS) is 1. The molecule has 0 bridgehead atoms. The predicted molar refractivity (Wildman–Crippen MR) is 67.1 cm³/mol. The van der Waals surface area contributed by atoms with Crippen molar-refractivity contribution in [3.8, 4) is 0 Å². The molecule has 0 aliphatic rings. The third kappa shape index (κ3) is 3.20. The lowest BCUT2D eigenvalue weighted by atomic mass is 10.1. The maximum Gasteiger partial charge on any atom is 0.339 e. The van der Waals surface area contributed by atoms with Gasteiger partial charge in [0, 0.05) is 14.0 Å². The number of aromatic carboxylic acids is 1. The molecule has 4 N–H and O–H groups in total. The number of hydrogen-bond acceptors (Lipinski definition) is 5. The van der Waals surface area contributed by atoms with Gasteiger partial charge in [0.2, 0.25) is 5.91 Å². The zero-order valence-electron chi connectivity index (χ0n) is 10.1. The lowest BCUT2D eigenvalue weighted by Crippen LogP contribution is -2.15. The molecule has 1 rings (SSSR count). The van der Waals surface area contributed by atoms with E-state index < -0.39 is 32.5 Å². The van der Waals surface area contributed by atoms with E-state index in [0.717, 1.165) is 6.07 Å². The lowest BCUT2D eigenvalue weighted by Gasteiger charge is -2.14. The Hall–Kier alpha value is -2.13. The zero-order chi connectivity index (χ0) is 14.8. The van der Waals surface area contributed by atoms with Crippen molar-refractivity contribution < 1.29 is 27.7 Å². The number of amides is 1. The van der Waals surface area contributed by atoms with Gasteiger partial charge >= 0.3 is 5.97 Å². The number of benzene rings is 1. The molecule has 1 aromatic rings. The van der Waals surface area contributed by atoms with Crippen LogP contribution in [0.1, 0.15) is 17.3 Å². The van der Waals surface area contributed by atoms with Gasteiger partial charge in [-0.3, -0.25) is 9.35 Å². The SMILES string of the molecule is CNc1c(NC(C)=O)ccc(S(=O)(=O)O)c1C(=O)O. The van der Waals surface area contributed by atoms with Gasteiger partial charge in [0.15, 0.2) is 0 Å². The first-order valence-corrected chi connectivity index (χ1v) is 6.45. The molecule has 0 spiro atoms. The average Bonchev–Trinajstić information content (AvgIpc) is 2.25. The van der Waals surface area contributed by atoms with Gasteiger partial charge in [0.25, 0.3) is 10.1 Å². The first-order chi connectivity index (χ1) is 8.68. The van der Waals surface area contributed by atoms with Crippen molar-refractivity contribution in [2.75, 3.05) is 17.7 Å². The third-order valence-electron chi connectivity index (χ3n) is 2.22. The van der Waals surface area contributed by atoms with Crippen LogP contribution >= 0.6 is 0 Å². The molecule has 104 valence electrons. The van der Waals surface area contributed by atoms with Crippen molar-refractivity contribution in [3.05, 3.63) is 17.7 Å². The predicted octanol–water partition coefficient (Wildman–Crippen LogP) is 0.632. The minimum atomic E-state index is -4.69. The van der Waals surface area contributed by atoms with Crippen LogP contribution in [-0.2, 0) is 14.9 Å². The molecule has 0 aliphatic heterocycles. The van der Waals surface area contributed by atoms with E-state index in [1.165, 1.54) is 20.0 Å². The summed E-state index contributed by atoms with van der Waals surface area (Å²) >= 11 is 0. The molecular weight excluding hydrogens is 276 g/mol. The molecule has 0 fully saturated rings. The summed E-state index contributed by atoms with van der Waals surface area (Å²) in [6, 6.07) is 2.09. The molecule has 0 heterocycles. The van der Waals surface area contributed by atoms with Gasteiger partial charge in [-0.05, 0) is 12.1 Å². The van der Waals surface area contributed by atoms with Crippen LogP contribution in [0.5, 0.6) is 0 Å². The summed E-state index contributed by atoms with van der Waals surface area (Å²) in [5, 5.41) is 13.9. The van der Waals surface area contributed by atoms with E-state index in [-0.39, 0.29) is 11.4 Å². The number of hydrogen-bond donors (Lipinski definition) is 4. The Labute approximate surface area is 109 Å². The van der Waals surface area contributed by atoms with Crippen LogP contribution in [0.15, 0.2) is 17.0 Å². The molecule has 0 atom stereocenters. The van der Waals surface area contributed by atoms with Crippen LogP contribution in [0.25, 0.3) is 0 Å². The van der Waals surface area contributed by atoms with Gasteiger partial charge in [-0.2, -0.15) is 8.42 Å². The molecule has 0 radical (unpaired) electrons. The van der Waals surface area contributed by atoms with Crippen LogP contribution in [0.4, 0.5) is 11.4 Å². The van der Waals surface area contributed by atoms with Crippen LogP contribution in [0.2, 0.25) is 0 Å². The molecule has 0 aromatic heterocycles. The highest BCUT2D eigenvalue weighted by atomic mass is 32.2. The molecule has 0 aliphatic carbocycles. The molecule has 1 aromatic carbocycles. The molecule has 0 unspecified atom stereocenters. The van der Waals surface area contributed by atoms with E-state index in [2.05, 4.69) is 10.6 Å². The summed E-state index contributed by atoms with van der Waals surface area (Å²) in [6.45, 7) is 1.22. The Kier molecular flexibility index (Phi) is 4.12. The second kappa shape index (κ2) is 5.24. The van der Waals surface area contributed by atoms with Crippen molar-refractivity contribution in [1.29, 1.82) is 0 Å². The Morgan fingerprint density at radius 1 is 1.26 bits per heavy atom. The normalized spacial score (nSPS) is 10.9. The van der Waals surface area contributed by atoms with Crippen molar-refractivity contribution in [3.63, 3.8) is 0 Å². The van der Waals surface area contributed by atoms with Crippen molar-refractivity contribution in [2.24, 2.45) is 0 Å². The quantitative estimate of drug-likeness (QED) is 0.597. The molecule has 19 heavy (non-hydrogen) atoms. The summed E-state index contributed by atoms with van der Waals surface area (Å²) in [6.07, 6.45) is 0. The van der Waals surface area contributed by atoms with E-state index in [9.17, 15) is 18.0 Å². The van der Waals surface area contributed by atoms with Crippen LogP contribution in [-0.4, -0.2) is 37.0 Å². The highest BCUT2D eigenvalue weighted by Gasteiger charge is 2.25. The Morgan fingerprint density at radius 2 is 1.84 bits per heavy atom. The molecular formula is C10H12N2O6S.